The Balaban J connectivity index is 0. The molecule has 0 aliphatic carbocycles. The van der Waals surface area contributed by atoms with E-state index in [4.69, 9.17) is 51.5 Å². The van der Waals surface area contributed by atoms with E-state index >= 15 is 0 Å². The molecule has 0 aromatic rings. The van der Waals surface area contributed by atoms with Gasteiger partial charge in [-0.15, -0.1) is 0 Å². The third kappa shape index (κ3) is 18.1. The van der Waals surface area contributed by atoms with Crippen LogP contribution in [0.5, 0.6) is 0 Å². The van der Waals surface area contributed by atoms with Gasteiger partial charge in [0.25, 0.3) is 0 Å². The fourth-order valence-corrected chi connectivity index (χ4v) is 0.158. The Bertz CT molecular complexity index is 93.1. The van der Waals surface area contributed by atoms with Crippen molar-refractivity contribution in [1.29, 1.82) is 0 Å². The van der Waals surface area contributed by atoms with E-state index in [0.717, 1.165) is 12.8 Å². The Morgan fingerprint density at radius 1 is 1.09 bits per heavy atom. The maximum atomic E-state index is 8.07. The Hall–Kier alpha value is 0.860. The first-order valence-corrected chi connectivity index (χ1v) is 4.54. The van der Waals surface area contributed by atoms with E-state index in [1.165, 1.54) is 0 Å². The lowest BCUT2D eigenvalue weighted by Crippen LogP contribution is -1.75. The zero-order valence-electron chi connectivity index (χ0n) is 6.08. The summed E-state index contributed by atoms with van der Waals surface area (Å²) in [7, 11) is 0. The summed E-state index contributed by atoms with van der Waals surface area (Å²) in [5.74, 6) is 0. The number of aliphatic hydroxyl groups excluding tert-OH is 1. The standard InChI is InChI=1S/C4H10O.C2Cl4/c1-2-3-4-5;3-1(4)2(5)6/h5H,2-4H2,1H3;. The number of aliphatic hydroxyl groups is 1. The molecule has 0 heterocycles. The first kappa shape index (κ1) is 14.4. The normalized spacial score (nSPS) is 8.18. The first-order valence-electron chi connectivity index (χ1n) is 3.03. The average Bonchev–Trinajstić information content (AvgIpc) is 1.90. The van der Waals surface area contributed by atoms with Crippen LogP contribution in [0.25, 0.3) is 0 Å². The minimum Gasteiger partial charge on any atom is -0.396 e. The van der Waals surface area contributed by atoms with Crippen molar-refractivity contribution in [2.45, 2.75) is 19.8 Å². The van der Waals surface area contributed by atoms with Gasteiger partial charge in [0.15, 0.2) is 0 Å². The molecule has 0 aliphatic heterocycles. The molecule has 0 rings (SSSR count). The van der Waals surface area contributed by atoms with Crippen LogP contribution in [0.4, 0.5) is 0 Å². The highest BCUT2D eigenvalue weighted by Crippen LogP contribution is 2.20. The molecule has 11 heavy (non-hydrogen) atoms. The van der Waals surface area contributed by atoms with Crippen LogP contribution >= 0.6 is 46.4 Å². The lowest BCUT2D eigenvalue weighted by Gasteiger charge is -1.79. The SMILES string of the molecule is CCCCO.ClC(Cl)=C(Cl)Cl. The molecule has 68 valence electrons. The second-order valence-electron chi connectivity index (χ2n) is 1.60. The van der Waals surface area contributed by atoms with Gasteiger partial charge in [0, 0.05) is 6.61 Å². The van der Waals surface area contributed by atoms with Crippen LogP contribution in [0.3, 0.4) is 0 Å². The van der Waals surface area contributed by atoms with Crippen LogP contribution in [0.1, 0.15) is 19.8 Å². The zero-order chi connectivity index (χ0) is 9.28. The topological polar surface area (TPSA) is 20.2 Å². The highest BCUT2D eigenvalue weighted by atomic mass is 35.5. The van der Waals surface area contributed by atoms with Gasteiger partial charge in [0.05, 0.1) is 0 Å². The number of hydrogen-bond donors (Lipinski definition) is 1. The van der Waals surface area contributed by atoms with Crippen LogP contribution < -0.4 is 0 Å². The Kier molecular flexibility index (Phi) is 14.2. The maximum Gasteiger partial charge on any atom is 0.136 e. The molecular formula is C6H10Cl4O. The van der Waals surface area contributed by atoms with E-state index in [2.05, 4.69) is 6.92 Å². The van der Waals surface area contributed by atoms with E-state index in [9.17, 15) is 0 Å². The quantitative estimate of drug-likeness (QED) is 0.777. The summed E-state index contributed by atoms with van der Waals surface area (Å²) in [6.07, 6.45) is 2.04. The predicted molar refractivity (Wildman–Crippen MR) is 52.4 cm³/mol. The molecule has 1 N–H and O–H groups in total. The summed E-state index contributed by atoms with van der Waals surface area (Å²) < 4.78 is -0.198. The molecule has 0 bridgehead atoms. The van der Waals surface area contributed by atoms with Gasteiger partial charge in [0.1, 0.15) is 8.98 Å². The molecule has 0 atom stereocenters. The van der Waals surface area contributed by atoms with Crippen LogP contribution in [0.15, 0.2) is 8.98 Å². The van der Waals surface area contributed by atoms with Gasteiger partial charge in [-0.1, -0.05) is 59.7 Å². The zero-order valence-corrected chi connectivity index (χ0v) is 9.10. The van der Waals surface area contributed by atoms with E-state index in [-0.39, 0.29) is 8.98 Å². The number of unbranched alkanes of at least 4 members (excludes halogenated alkanes) is 1. The van der Waals surface area contributed by atoms with E-state index in [1.54, 1.807) is 0 Å². The summed E-state index contributed by atoms with van der Waals surface area (Å²) in [6.45, 7) is 2.40. The summed E-state index contributed by atoms with van der Waals surface area (Å²) in [6, 6.07) is 0. The highest BCUT2D eigenvalue weighted by Gasteiger charge is 1.88. The van der Waals surface area contributed by atoms with Gasteiger partial charge in [0.2, 0.25) is 0 Å². The minimum atomic E-state index is -0.0988. The third-order valence-corrected chi connectivity index (χ3v) is 1.80. The summed E-state index contributed by atoms with van der Waals surface area (Å²) in [5.41, 5.74) is 0. The van der Waals surface area contributed by atoms with Crippen LogP contribution in [0, 0.1) is 0 Å². The van der Waals surface area contributed by atoms with Crippen molar-refractivity contribution in [1.82, 2.24) is 0 Å². The summed E-state index contributed by atoms with van der Waals surface area (Å²) in [4.78, 5) is 0. The van der Waals surface area contributed by atoms with Gasteiger partial charge in [-0.3, -0.25) is 0 Å². The second-order valence-corrected chi connectivity index (χ2v) is 3.50. The molecule has 0 saturated heterocycles. The number of rotatable bonds is 2. The Labute approximate surface area is 86.9 Å². The van der Waals surface area contributed by atoms with E-state index < -0.39 is 0 Å². The third-order valence-electron chi connectivity index (χ3n) is 0.655. The second kappa shape index (κ2) is 10.9. The molecule has 0 unspecified atom stereocenters. The van der Waals surface area contributed by atoms with Crippen LogP contribution in [0.2, 0.25) is 0 Å². The summed E-state index contributed by atoms with van der Waals surface area (Å²) in [5, 5.41) is 8.07. The molecule has 0 spiro atoms. The van der Waals surface area contributed by atoms with Crippen molar-refractivity contribution in [2.24, 2.45) is 0 Å². The Morgan fingerprint density at radius 2 is 1.45 bits per heavy atom. The predicted octanol–water partition coefficient (Wildman–Crippen LogP) is 3.85. The summed E-state index contributed by atoms with van der Waals surface area (Å²) >= 11 is 20.0. The maximum absolute atomic E-state index is 8.07. The Morgan fingerprint density at radius 3 is 1.45 bits per heavy atom. The van der Waals surface area contributed by atoms with E-state index in [0.29, 0.717) is 6.61 Å². The molecule has 0 fully saturated rings. The van der Waals surface area contributed by atoms with Gasteiger partial charge < -0.3 is 5.11 Å². The highest BCUT2D eigenvalue weighted by molar-refractivity contribution is 6.67. The van der Waals surface area contributed by atoms with Crippen molar-refractivity contribution in [3.63, 3.8) is 0 Å². The molecular weight excluding hydrogens is 230 g/mol. The monoisotopic (exact) mass is 238 g/mol. The lowest BCUT2D eigenvalue weighted by molar-refractivity contribution is 0.287. The van der Waals surface area contributed by atoms with Gasteiger partial charge in [-0.2, -0.15) is 0 Å². The van der Waals surface area contributed by atoms with Gasteiger partial charge >= 0.3 is 0 Å². The fraction of sp³-hybridized carbons (Fsp3) is 0.667. The number of halogens is 4. The number of hydrogen-bond acceptors (Lipinski definition) is 1. The van der Waals surface area contributed by atoms with Gasteiger partial charge in [-0.05, 0) is 6.42 Å². The average molecular weight is 240 g/mol. The van der Waals surface area contributed by atoms with Crippen molar-refractivity contribution in [3.05, 3.63) is 8.98 Å². The van der Waals surface area contributed by atoms with Gasteiger partial charge in [-0.25, -0.2) is 0 Å². The first-order chi connectivity index (χ1) is 5.06. The van der Waals surface area contributed by atoms with Crippen molar-refractivity contribution in [2.75, 3.05) is 6.61 Å². The minimum absolute atomic E-state index is 0.0988. The molecule has 0 radical (unpaired) electrons. The van der Waals surface area contributed by atoms with Crippen molar-refractivity contribution >= 4 is 46.4 Å². The molecule has 0 amide bonds. The molecule has 0 aromatic heterocycles. The smallest absolute Gasteiger partial charge is 0.136 e. The van der Waals surface area contributed by atoms with Crippen LogP contribution in [-0.4, -0.2) is 11.7 Å². The molecule has 0 aromatic carbocycles. The molecule has 0 aliphatic rings. The van der Waals surface area contributed by atoms with E-state index in [1.807, 2.05) is 0 Å². The molecule has 0 saturated carbocycles. The van der Waals surface area contributed by atoms with Crippen molar-refractivity contribution < 1.29 is 5.11 Å². The largest absolute Gasteiger partial charge is 0.396 e. The molecule has 5 heteroatoms. The van der Waals surface area contributed by atoms with Crippen LogP contribution in [-0.2, 0) is 0 Å². The fourth-order valence-electron chi connectivity index (χ4n) is 0.158. The lowest BCUT2D eigenvalue weighted by atomic mass is 10.4. The molecule has 1 nitrogen and oxygen atoms in total. The van der Waals surface area contributed by atoms with Crippen molar-refractivity contribution in [3.8, 4) is 0 Å².